The lowest BCUT2D eigenvalue weighted by Crippen LogP contribution is -2.25. The number of hydrogen-bond acceptors (Lipinski definition) is 2. The van der Waals surface area contributed by atoms with Gasteiger partial charge in [-0.2, -0.15) is 10.2 Å². The van der Waals surface area contributed by atoms with Crippen molar-refractivity contribution in [2.75, 3.05) is 0 Å². The molecule has 18 heavy (non-hydrogen) atoms. The summed E-state index contributed by atoms with van der Waals surface area (Å²) in [7, 11) is 0. The summed E-state index contributed by atoms with van der Waals surface area (Å²) in [4.78, 5) is 0. The molecule has 0 amide bonds. The van der Waals surface area contributed by atoms with Crippen LogP contribution in [-0.2, 0) is 17.3 Å². The van der Waals surface area contributed by atoms with Crippen LogP contribution in [0.1, 0.15) is 70.5 Å². The fourth-order valence-electron chi connectivity index (χ4n) is 2.50. The molecule has 1 aromatic heterocycles. The van der Waals surface area contributed by atoms with Gasteiger partial charge in [0, 0.05) is 16.4 Å². The Hall–Kier alpha value is -1.18. The molecule has 0 aromatic carbocycles. The predicted molar refractivity (Wildman–Crippen MR) is 76.8 cm³/mol. The fraction of sp³-hybridized carbons (Fsp3) is 0.625. The van der Waals surface area contributed by atoms with Crippen LogP contribution < -0.4 is 0 Å². The van der Waals surface area contributed by atoms with Crippen molar-refractivity contribution in [1.82, 2.24) is 10.2 Å². The molecule has 0 atom stereocenters. The van der Waals surface area contributed by atoms with Gasteiger partial charge in [0.2, 0.25) is 0 Å². The standard InChI is InChI=1S/C16H24N2/c1-15(2,3)13-11-9-7-8-10-12(11)14(18-17-13)16(4,5)6/h7,9H,8,10H2,1-6H3. The number of nitrogens with zero attached hydrogens (tertiary/aromatic N) is 2. The summed E-state index contributed by atoms with van der Waals surface area (Å²) in [5, 5.41) is 9.07. The van der Waals surface area contributed by atoms with Gasteiger partial charge in [0.25, 0.3) is 0 Å². The van der Waals surface area contributed by atoms with Gasteiger partial charge >= 0.3 is 0 Å². The minimum absolute atomic E-state index is 0.0508. The zero-order valence-corrected chi connectivity index (χ0v) is 12.5. The van der Waals surface area contributed by atoms with E-state index in [2.05, 4.69) is 63.9 Å². The van der Waals surface area contributed by atoms with Crippen molar-refractivity contribution in [3.63, 3.8) is 0 Å². The van der Waals surface area contributed by atoms with Crippen LogP contribution in [0.15, 0.2) is 6.08 Å². The van der Waals surface area contributed by atoms with Crippen LogP contribution in [0.2, 0.25) is 0 Å². The molecule has 0 N–H and O–H groups in total. The highest BCUT2D eigenvalue weighted by Gasteiger charge is 2.28. The van der Waals surface area contributed by atoms with E-state index in [1.165, 1.54) is 11.1 Å². The van der Waals surface area contributed by atoms with Gasteiger partial charge in [-0.25, -0.2) is 0 Å². The normalized spacial score (nSPS) is 15.7. The summed E-state index contributed by atoms with van der Waals surface area (Å²) in [5.41, 5.74) is 5.13. The van der Waals surface area contributed by atoms with E-state index in [1.807, 2.05) is 0 Å². The first-order valence-electron chi connectivity index (χ1n) is 6.78. The molecule has 0 aliphatic heterocycles. The van der Waals surface area contributed by atoms with Gasteiger partial charge in [-0.1, -0.05) is 53.7 Å². The maximum Gasteiger partial charge on any atom is 0.0759 e. The first kappa shape index (κ1) is 13.3. The van der Waals surface area contributed by atoms with E-state index < -0.39 is 0 Å². The zero-order valence-electron chi connectivity index (χ0n) is 12.5. The molecular formula is C16H24N2. The highest BCUT2D eigenvalue weighted by molar-refractivity contribution is 5.61. The molecule has 0 saturated carbocycles. The largest absolute Gasteiger partial charge is 0.154 e. The number of hydrogen-bond donors (Lipinski definition) is 0. The molecule has 1 aliphatic carbocycles. The molecular weight excluding hydrogens is 220 g/mol. The first-order valence-corrected chi connectivity index (χ1v) is 6.78. The third-order valence-corrected chi connectivity index (χ3v) is 3.38. The second-order valence-electron chi connectivity index (χ2n) is 7.23. The molecule has 1 aliphatic rings. The Morgan fingerprint density at radius 3 is 2.00 bits per heavy atom. The Morgan fingerprint density at radius 1 is 0.889 bits per heavy atom. The second-order valence-corrected chi connectivity index (χ2v) is 7.23. The Bertz CT molecular complexity index is 485. The van der Waals surface area contributed by atoms with Gasteiger partial charge in [-0.3, -0.25) is 0 Å². The quantitative estimate of drug-likeness (QED) is 0.688. The highest BCUT2D eigenvalue weighted by Crippen LogP contribution is 2.34. The van der Waals surface area contributed by atoms with Gasteiger partial charge < -0.3 is 0 Å². The molecule has 2 nitrogen and oxygen atoms in total. The maximum absolute atomic E-state index is 4.55. The molecule has 0 radical (unpaired) electrons. The van der Waals surface area contributed by atoms with Crippen LogP contribution >= 0.6 is 0 Å². The lowest BCUT2D eigenvalue weighted by molar-refractivity contribution is 0.517. The Morgan fingerprint density at radius 2 is 1.44 bits per heavy atom. The molecule has 2 rings (SSSR count). The maximum atomic E-state index is 4.55. The van der Waals surface area contributed by atoms with Crippen LogP contribution in [0.25, 0.3) is 6.08 Å². The van der Waals surface area contributed by atoms with Gasteiger partial charge in [-0.05, 0) is 18.4 Å². The number of allylic oxidation sites excluding steroid dienone is 1. The van der Waals surface area contributed by atoms with Crippen LogP contribution in [-0.4, -0.2) is 10.2 Å². The van der Waals surface area contributed by atoms with Crippen LogP contribution in [0.4, 0.5) is 0 Å². The first-order chi connectivity index (χ1) is 8.21. The van der Waals surface area contributed by atoms with Crippen molar-refractivity contribution in [3.05, 3.63) is 28.6 Å². The summed E-state index contributed by atoms with van der Waals surface area (Å²) in [6, 6.07) is 0. The summed E-state index contributed by atoms with van der Waals surface area (Å²) in [6.07, 6.45) is 6.71. The molecule has 1 heterocycles. The van der Waals surface area contributed by atoms with E-state index >= 15 is 0 Å². The number of fused-ring (bicyclic) bond motifs is 1. The van der Waals surface area contributed by atoms with Crippen LogP contribution in [0.5, 0.6) is 0 Å². The number of rotatable bonds is 0. The van der Waals surface area contributed by atoms with Crippen molar-refractivity contribution in [3.8, 4) is 0 Å². The smallest absolute Gasteiger partial charge is 0.0759 e. The Kier molecular flexibility index (Phi) is 3.08. The molecule has 2 heteroatoms. The molecule has 0 fully saturated rings. The third kappa shape index (κ3) is 2.33. The zero-order chi connectivity index (χ0) is 13.6. The van der Waals surface area contributed by atoms with Crippen molar-refractivity contribution >= 4 is 6.08 Å². The molecule has 0 saturated heterocycles. The average molecular weight is 244 g/mol. The minimum atomic E-state index is 0.0508. The molecule has 0 unspecified atom stereocenters. The topological polar surface area (TPSA) is 25.8 Å². The van der Waals surface area contributed by atoms with E-state index in [9.17, 15) is 0 Å². The van der Waals surface area contributed by atoms with Crippen molar-refractivity contribution < 1.29 is 0 Å². The van der Waals surface area contributed by atoms with E-state index in [-0.39, 0.29) is 10.8 Å². The molecule has 0 bridgehead atoms. The third-order valence-electron chi connectivity index (χ3n) is 3.38. The van der Waals surface area contributed by atoms with Crippen molar-refractivity contribution in [2.24, 2.45) is 0 Å². The summed E-state index contributed by atoms with van der Waals surface area (Å²) < 4.78 is 0. The molecule has 1 aromatic rings. The second kappa shape index (κ2) is 4.18. The Labute approximate surface area is 111 Å². The predicted octanol–water partition coefficient (Wildman–Crippen LogP) is 4.03. The van der Waals surface area contributed by atoms with Crippen molar-refractivity contribution in [2.45, 2.75) is 65.2 Å². The van der Waals surface area contributed by atoms with Gasteiger partial charge in [0.05, 0.1) is 11.4 Å². The van der Waals surface area contributed by atoms with Gasteiger partial charge in [-0.15, -0.1) is 0 Å². The molecule has 98 valence electrons. The minimum Gasteiger partial charge on any atom is -0.154 e. The van der Waals surface area contributed by atoms with E-state index in [4.69, 9.17) is 0 Å². The Balaban J connectivity index is 2.69. The molecule has 0 spiro atoms. The highest BCUT2D eigenvalue weighted by atomic mass is 15.1. The fourth-order valence-corrected chi connectivity index (χ4v) is 2.50. The van der Waals surface area contributed by atoms with Crippen molar-refractivity contribution in [1.29, 1.82) is 0 Å². The van der Waals surface area contributed by atoms with Gasteiger partial charge in [0.1, 0.15) is 0 Å². The van der Waals surface area contributed by atoms with E-state index in [0.717, 1.165) is 24.2 Å². The summed E-state index contributed by atoms with van der Waals surface area (Å²) >= 11 is 0. The van der Waals surface area contributed by atoms with Crippen LogP contribution in [0, 0.1) is 0 Å². The summed E-state index contributed by atoms with van der Waals surface area (Å²) in [5.74, 6) is 0. The SMILES string of the molecule is CC(C)(C)c1nnc(C(C)(C)C)c2c1C=CCC2. The van der Waals surface area contributed by atoms with Crippen LogP contribution in [0.3, 0.4) is 0 Å². The van der Waals surface area contributed by atoms with E-state index in [0.29, 0.717) is 0 Å². The monoisotopic (exact) mass is 244 g/mol. The van der Waals surface area contributed by atoms with Gasteiger partial charge in [0.15, 0.2) is 0 Å². The van der Waals surface area contributed by atoms with E-state index in [1.54, 1.807) is 0 Å². The number of aromatic nitrogens is 2. The average Bonchev–Trinajstić information content (AvgIpc) is 2.24. The lowest BCUT2D eigenvalue weighted by Gasteiger charge is -2.28. The lowest BCUT2D eigenvalue weighted by atomic mass is 9.80. The summed E-state index contributed by atoms with van der Waals surface area (Å²) in [6.45, 7) is 13.3.